The van der Waals surface area contributed by atoms with Crippen molar-refractivity contribution in [1.29, 1.82) is 0 Å². The third-order valence-electron chi connectivity index (χ3n) is 5.44. The van der Waals surface area contributed by atoms with E-state index in [1.807, 2.05) is 35.2 Å². The molecule has 2 fully saturated rings. The molecule has 144 valence electrons. The molecule has 1 saturated heterocycles. The van der Waals surface area contributed by atoms with Gasteiger partial charge in [-0.25, -0.2) is 0 Å². The lowest BCUT2D eigenvalue weighted by atomic mass is 10.1. The van der Waals surface area contributed by atoms with Crippen LogP contribution in [-0.2, 0) is 4.74 Å². The predicted octanol–water partition coefficient (Wildman–Crippen LogP) is 3.82. The Morgan fingerprint density at radius 3 is 2.50 bits per heavy atom. The van der Waals surface area contributed by atoms with Crippen molar-refractivity contribution >= 4 is 5.91 Å². The Morgan fingerprint density at radius 2 is 1.81 bits per heavy atom. The van der Waals surface area contributed by atoms with Gasteiger partial charge in [0.2, 0.25) is 0 Å². The molecule has 4 heteroatoms. The number of carbonyl (C=O) groups excluding carboxylic acids is 1. The summed E-state index contributed by atoms with van der Waals surface area (Å²) in [4.78, 5) is 17.6. The van der Waals surface area contributed by atoms with Crippen molar-refractivity contribution in [3.63, 3.8) is 0 Å². The van der Waals surface area contributed by atoms with Crippen LogP contribution < -0.4 is 0 Å². The van der Waals surface area contributed by atoms with E-state index in [0.29, 0.717) is 5.92 Å². The Balaban J connectivity index is 1.63. The molecule has 1 saturated carbocycles. The first-order chi connectivity index (χ1) is 12.6. The molecule has 1 aromatic carbocycles. The number of hydrogen-bond donors (Lipinski definition) is 0. The van der Waals surface area contributed by atoms with Gasteiger partial charge in [0.1, 0.15) is 0 Å². The van der Waals surface area contributed by atoms with Crippen LogP contribution in [0, 0.1) is 5.92 Å². The first kappa shape index (κ1) is 19.4. The average molecular weight is 359 g/mol. The zero-order chi connectivity index (χ0) is 18.4. The van der Waals surface area contributed by atoms with Gasteiger partial charge in [0.05, 0.1) is 12.2 Å². The molecule has 26 heavy (non-hydrogen) atoms. The highest BCUT2D eigenvalue weighted by Crippen LogP contribution is 2.40. The minimum atomic E-state index is -0.0901. The second-order valence-electron chi connectivity index (χ2n) is 8.38. The third kappa shape index (κ3) is 5.55. The number of ether oxygens (including phenoxy) is 1. The van der Waals surface area contributed by atoms with Crippen LogP contribution in [0.3, 0.4) is 0 Å². The molecule has 1 heterocycles. The molecule has 0 aromatic heterocycles. The van der Waals surface area contributed by atoms with Gasteiger partial charge in [0, 0.05) is 31.7 Å². The lowest BCUT2D eigenvalue weighted by Crippen LogP contribution is -2.42. The van der Waals surface area contributed by atoms with Crippen LogP contribution in [0.25, 0.3) is 0 Å². The van der Waals surface area contributed by atoms with Crippen LogP contribution in [0.15, 0.2) is 30.3 Å². The lowest BCUT2D eigenvalue weighted by molar-refractivity contribution is -0.00493. The fourth-order valence-electron chi connectivity index (χ4n) is 3.87. The van der Waals surface area contributed by atoms with E-state index < -0.39 is 0 Å². The fraction of sp³-hybridized carbons (Fsp3) is 0.682. The van der Waals surface area contributed by atoms with Crippen LogP contribution >= 0.6 is 0 Å². The van der Waals surface area contributed by atoms with Crippen LogP contribution in [0.5, 0.6) is 0 Å². The lowest BCUT2D eigenvalue weighted by Gasteiger charge is -2.31. The van der Waals surface area contributed by atoms with Crippen LogP contribution in [-0.4, -0.2) is 60.6 Å². The third-order valence-corrected chi connectivity index (χ3v) is 5.44. The molecule has 4 nitrogen and oxygen atoms in total. The zero-order valence-electron chi connectivity index (χ0n) is 16.5. The number of carbonyl (C=O) groups is 1. The Morgan fingerprint density at radius 1 is 1.08 bits per heavy atom. The van der Waals surface area contributed by atoms with Crippen molar-refractivity contribution < 1.29 is 9.53 Å². The summed E-state index contributed by atoms with van der Waals surface area (Å²) < 4.78 is 6.31. The van der Waals surface area contributed by atoms with Gasteiger partial charge >= 0.3 is 0 Å². The van der Waals surface area contributed by atoms with Gasteiger partial charge in [-0.2, -0.15) is 0 Å². The summed E-state index contributed by atoms with van der Waals surface area (Å²) in [6.07, 6.45) is 5.61. The van der Waals surface area contributed by atoms with E-state index in [1.165, 1.54) is 12.8 Å². The van der Waals surface area contributed by atoms with E-state index in [9.17, 15) is 4.79 Å². The van der Waals surface area contributed by atoms with Crippen molar-refractivity contribution in [3.05, 3.63) is 35.9 Å². The monoisotopic (exact) mass is 358 g/mol. The second kappa shape index (κ2) is 9.01. The molecule has 3 rings (SSSR count). The smallest absolute Gasteiger partial charge is 0.253 e. The van der Waals surface area contributed by atoms with E-state index in [1.54, 1.807) is 0 Å². The molecule has 0 bridgehead atoms. The fourth-order valence-corrected chi connectivity index (χ4v) is 3.87. The number of benzene rings is 1. The van der Waals surface area contributed by atoms with Crippen molar-refractivity contribution in [1.82, 2.24) is 9.80 Å². The van der Waals surface area contributed by atoms with Crippen molar-refractivity contribution in [2.24, 2.45) is 5.92 Å². The van der Waals surface area contributed by atoms with E-state index in [2.05, 4.69) is 18.7 Å². The normalized spacial score (nSPS) is 22.0. The molecule has 0 atom stereocenters. The van der Waals surface area contributed by atoms with E-state index >= 15 is 0 Å². The topological polar surface area (TPSA) is 32.8 Å². The zero-order valence-corrected chi connectivity index (χ0v) is 16.5. The van der Waals surface area contributed by atoms with Gasteiger partial charge in [-0.05, 0) is 50.3 Å². The van der Waals surface area contributed by atoms with Gasteiger partial charge < -0.3 is 14.5 Å². The quantitative estimate of drug-likeness (QED) is 0.823. The molecule has 0 unspecified atom stereocenters. The highest BCUT2D eigenvalue weighted by Gasteiger charge is 2.46. The SMILES string of the molecule is CC(C)CN1CCCCCN(C(=O)c2ccccc2)CC2(CC2)OCC1. The first-order valence-electron chi connectivity index (χ1n) is 10.3. The summed E-state index contributed by atoms with van der Waals surface area (Å²) in [5.41, 5.74) is 0.700. The summed E-state index contributed by atoms with van der Waals surface area (Å²) in [6.45, 7) is 10.2. The number of hydrogen-bond acceptors (Lipinski definition) is 3. The maximum absolute atomic E-state index is 13.0. The molecule has 0 radical (unpaired) electrons. The molecule has 1 spiro atoms. The number of nitrogens with zero attached hydrogens (tertiary/aromatic N) is 2. The molecular weight excluding hydrogens is 324 g/mol. The van der Waals surface area contributed by atoms with Crippen molar-refractivity contribution in [3.8, 4) is 0 Å². The Labute approximate surface area is 158 Å². The Hall–Kier alpha value is -1.39. The van der Waals surface area contributed by atoms with Gasteiger partial charge in [0.15, 0.2) is 0 Å². The highest BCUT2D eigenvalue weighted by molar-refractivity contribution is 5.94. The van der Waals surface area contributed by atoms with Gasteiger partial charge in [-0.15, -0.1) is 0 Å². The minimum Gasteiger partial charge on any atom is -0.372 e. The maximum Gasteiger partial charge on any atom is 0.253 e. The summed E-state index contributed by atoms with van der Waals surface area (Å²) in [5, 5.41) is 0. The standard InChI is InChI=1S/C22H34N2O2/c1-19(2)17-23-13-7-4-8-14-24(18-22(11-12-22)26-16-15-23)21(25)20-9-5-3-6-10-20/h3,5-6,9-10,19H,4,7-8,11-18H2,1-2H3. The van der Waals surface area contributed by atoms with Crippen LogP contribution in [0.2, 0.25) is 0 Å². The summed E-state index contributed by atoms with van der Waals surface area (Å²) in [7, 11) is 0. The molecule has 1 aliphatic carbocycles. The Bertz CT molecular complexity index is 569. The number of amides is 1. The first-order valence-corrected chi connectivity index (χ1v) is 10.3. The summed E-state index contributed by atoms with van der Waals surface area (Å²) in [6, 6.07) is 9.68. The maximum atomic E-state index is 13.0. The second-order valence-corrected chi connectivity index (χ2v) is 8.38. The van der Waals surface area contributed by atoms with Crippen molar-refractivity contribution in [2.45, 2.75) is 51.6 Å². The molecule has 0 N–H and O–H groups in total. The molecule has 1 aromatic rings. The van der Waals surface area contributed by atoms with Crippen LogP contribution in [0.4, 0.5) is 0 Å². The van der Waals surface area contributed by atoms with E-state index in [4.69, 9.17) is 4.74 Å². The molecule has 2 aliphatic rings. The van der Waals surface area contributed by atoms with Gasteiger partial charge in [-0.1, -0.05) is 38.5 Å². The van der Waals surface area contributed by atoms with Gasteiger partial charge in [-0.3, -0.25) is 4.79 Å². The summed E-state index contributed by atoms with van der Waals surface area (Å²) >= 11 is 0. The number of rotatable bonds is 3. The van der Waals surface area contributed by atoms with Crippen LogP contribution in [0.1, 0.15) is 56.3 Å². The molecular formula is C22H34N2O2. The van der Waals surface area contributed by atoms with Crippen molar-refractivity contribution in [2.75, 3.05) is 39.3 Å². The minimum absolute atomic E-state index is 0.0901. The predicted molar refractivity (Wildman–Crippen MR) is 105 cm³/mol. The summed E-state index contributed by atoms with van der Waals surface area (Å²) in [5.74, 6) is 0.843. The average Bonchev–Trinajstić information content (AvgIpc) is 3.38. The molecule has 1 amide bonds. The molecule has 1 aliphatic heterocycles. The van der Waals surface area contributed by atoms with Gasteiger partial charge in [0.25, 0.3) is 5.91 Å². The largest absolute Gasteiger partial charge is 0.372 e. The van der Waals surface area contributed by atoms with E-state index in [0.717, 1.165) is 64.2 Å². The van der Waals surface area contributed by atoms with E-state index in [-0.39, 0.29) is 11.5 Å². The highest BCUT2D eigenvalue weighted by atomic mass is 16.5. The Kier molecular flexibility index (Phi) is 6.71.